The first kappa shape index (κ1) is 13.7. The van der Waals surface area contributed by atoms with Crippen molar-refractivity contribution in [2.75, 3.05) is 13.2 Å². The Morgan fingerprint density at radius 1 is 1.33 bits per heavy atom. The Balaban J connectivity index is 4.35. The van der Waals surface area contributed by atoms with Crippen LogP contribution in [0.3, 0.4) is 0 Å². The van der Waals surface area contributed by atoms with Crippen LogP contribution in [0.1, 0.15) is 27.7 Å². The third kappa shape index (κ3) is 6.73. The lowest BCUT2D eigenvalue weighted by atomic mass is 10.2. The molecule has 1 amide bonds. The van der Waals surface area contributed by atoms with Crippen molar-refractivity contribution in [1.29, 1.82) is 0 Å². The van der Waals surface area contributed by atoms with E-state index < -0.39 is 24.2 Å². The molecule has 0 atom stereocenters. The van der Waals surface area contributed by atoms with Crippen LogP contribution in [0, 0.1) is 0 Å². The zero-order valence-corrected chi connectivity index (χ0v) is 9.44. The van der Waals surface area contributed by atoms with Crippen molar-refractivity contribution in [2.24, 2.45) is 0 Å². The Morgan fingerprint density at radius 3 is 2.20 bits per heavy atom. The number of nitrogens with zero attached hydrogens (tertiary/aromatic N) is 1. The Kier molecular flexibility index (Phi) is 5.07. The van der Waals surface area contributed by atoms with Crippen molar-refractivity contribution in [3.63, 3.8) is 0 Å². The van der Waals surface area contributed by atoms with Gasteiger partial charge in [0.05, 0.1) is 6.61 Å². The summed E-state index contributed by atoms with van der Waals surface area (Å²) < 4.78 is 4.95. The monoisotopic (exact) mass is 219 g/mol. The van der Waals surface area contributed by atoms with Gasteiger partial charge in [-0.05, 0) is 27.7 Å². The second-order valence-electron chi connectivity index (χ2n) is 3.83. The number of hydrogen-bond donors (Lipinski definition) is 1. The summed E-state index contributed by atoms with van der Waals surface area (Å²) in [6.07, 6.45) is -0.799. The topological polar surface area (TPSA) is 76.1 Å². The lowest BCUT2D eigenvalue weighted by Gasteiger charge is -2.25. The highest BCUT2D eigenvalue weighted by atomic mass is 16.7. The molecule has 6 nitrogen and oxygen atoms in total. The highest BCUT2D eigenvalue weighted by Gasteiger charge is 2.24. The standard InChI is InChI=1S/C9H17NO5/c1-5-14-10(6-7(11)12)8(13)15-9(2,3)4/h5-6H2,1-4H3,(H,11,12). The average molecular weight is 219 g/mol. The third-order valence-corrected chi connectivity index (χ3v) is 1.16. The molecule has 0 aliphatic rings. The molecular weight excluding hydrogens is 202 g/mol. The van der Waals surface area contributed by atoms with Crippen LogP contribution in [0.5, 0.6) is 0 Å². The minimum Gasteiger partial charge on any atom is -0.480 e. The van der Waals surface area contributed by atoms with Crippen LogP contribution in [0.25, 0.3) is 0 Å². The van der Waals surface area contributed by atoms with Crippen LogP contribution in [0.4, 0.5) is 4.79 Å². The molecule has 1 N–H and O–H groups in total. The molecule has 0 radical (unpaired) electrons. The summed E-state index contributed by atoms with van der Waals surface area (Å²) in [5, 5.41) is 9.22. The van der Waals surface area contributed by atoms with E-state index in [4.69, 9.17) is 14.7 Å². The van der Waals surface area contributed by atoms with E-state index in [1.54, 1.807) is 27.7 Å². The van der Waals surface area contributed by atoms with E-state index in [1.165, 1.54) is 0 Å². The number of hydrogen-bond acceptors (Lipinski definition) is 4. The third-order valence-electron chi connectivity index (χ3n) is 1.16. The van der Waals surface area contributed by atoms with Crippen molar-refractivity contribution < 1.29 is 24.3 Å². The molecule has 0 unspecified atom stereocenters. The molecule has 0 rings (SSSR count). The van der Waals surface area contributed by atoms with E-state index >= 15 is 0 Å². The van der Waals surface area contributed by atoms with Gasteiger partial charge >= 0.3 is 12.1 Å². The van der Waals surface area contributed by atoms with Gasteiger partial charge in [-0.2, -0.15) is 5.06 Å². The molecule has 0 aliphatic heterocycles. The molecule has 0 spiro atoms. The Labute approximate surface area is 88.7 Å². The van der Waals surface area contributed by atoms with E-state index in [0.717, 1.165) is 0 Å². The van der Waals surface area contributed by atoms with Crippen LogP contribution in [0.2, 0.25) is 0 Å². The van der Waals surface area contributed by atoms with Gasteiger partial charge in [-0.3, -0.25) is 9.63 Å². The molecule has 0 fully saturated rings. The lowest BCUT2D eigenvalue weighted by molar-refractivity contribution is -0.166. The molecule has 0 aliphatic carbocycles. The van der Waals surface area contributed by atoms with Crippen molar-refractivity contribution in [2.45, 2.75) is 33.3 Å². The molecule has 0 aromatic carbocycles. The smallest absolute Gasteiger partial charge is 0.435 e. The Morgan fingerprint density at radius 2 is 1.87 bits per heavy atom. The quantitative estimate of drug-likeness (QED) is 0.720. The SMILES string of the molecule is CCON(CC(=O)O)C(=O)OC(C)(C)C. The first-order chi connectivity index (χ1) is 6.76. The summed E-state index contributed by atoms with van der Waals surface area (Å²) in [5.41, 5.74) is -0.676. The summed E-state index contributed by atoms with van der Waals surface area (Å²) >= 11 is 0. The zero-order chi connectivity index (χ0) is 12.1. The van der Waals surface area contributed by atoms with E-state index in [-0.39, 0.29) is 6.61 Å². The van der Waals surface area contributed by atoms with Crippen molar-refractivity contribution in [3.8, 4) is 0 Å². The number of aliphatic carboxylic acids is 1. The minimum absolute atomic E-state index is 0.201. The molecule has 0 saturated heterocycles. The highest BCUT2D eigenvalue weighted by molar-refractivity contribution is 5.75. The maximum Gasteiger partial charge on any atom is 0.435 e. The van der Waals surface area contributed by atoms with Gasteiger partial charge < -0.3 is 9.84 Å². The summed E-state index contributed by atoms with van der Waals surface area (Å²) in [6.45, 7) is 6.38. The molecule has 88 valence electrons. The zero-order valence-electron chi connectivity index (χ0n) is 9.44. The maximum atomic E-state index is 11.4. The summed E-state index contributed by atoms with van der Waals surface area (Å²) in [5.74, 6) is -1.16. The molecule has 0 heterocycles. The lowest BCUT2D eigenvalue weighted by Crippen LogP contribution is -2.39. The summed E-state index contributed by atoms with van der Waals surface area (Å²) in [4.78, 5) is 26.7. The number of rotatable bonds is 4. The van der Waals surface area contributed by atoms with Crippen molar-refractivity contribution in [3.05, 3.63) is 0 Å². The predicted molar refractivity (Wildman–Crippen MR) is 52.2 cm³/mol. The molecule has 0 aromatic rings. The van der Waals surface area contributed by atoms with E-state index in [1.807, 2.05) is 0 Å². The van der Waals surface area contributed by atoms with Crippen molar-refractivity contribution in [1.82, 2.24) is 5.06 Å². The average Bonchev–Trinajstić information content (AvgIpc) is 1.99. The number of carbonyl (C=O) groups excluding carboxylic acids is 1. The number of amides is 1. The van der Waals surface area contributed by atoms with E-state index in [2.05, 4.69) is 0 Å². The molecular formula is C9H17NO5. The normalized spacial score (nSPS) is 10.9. The van der Waals surface area contributed by atoms with Crippen LogP contribution in [0.15, 0.2) is 0 Å². The van der Waals surface area contributed by atoms with Gasteiger partial charge in [0, 0.05) is 0 Å². The highest BCUT2D eigenvalue weighted by Crippen LogP contribution is 2.10. The summed E-state index contributed by atoms with van der Waals surface area (Å²) in [6, 6.07) is 0. The van der Waals surface area contributed by atoms with Gasteiger partial charge in [0.2, 0.25) is 0 Å². The van der Waals surface area contributed by atoms with E-state index in [0.29, 0.717) is 5.06 Å². The number of ether oxygens (including phenoxy) is 1. The number of carbonyl (C=O) groups is 2. The Bertz CT molecular complexity index is 233. The van der Waals surface area contributed by atoms with Crippen LogP contribution in [-0.2, 0) is 14.4 Å². The van der Waals surface area contributed by atoms with Gasteiger partial charge in [0.25, 0.3) is 0 Å². The Hall–Kier alpha value is -1.30. The first-order valence-corrected chi connectivity index (χ1v) is 4.61. The largest absolute Gasteiger partial charge is 0.480 e. The van der Waals surface area contributed by atoms with Crippen LogP contribution >= 0.6 is 0 Å². The van der Waals surface area contributed by atoms with Gasteiger partial charge in [0.1, 0.15) is 12.1 Å². The van der Waals surface area contributed by atoms with Crippen LogP contribution < -0.4 is 0 Å². The maximum absolute atomic E-state index is 11.4. The molecule has 0 saturated carbocycles. The number of carboxylic acid groups (broad SMARTS) is 1. The molecule has 0 bridgehead atoms. The second kappa shape index (κ2) is 5.55. The fourth-order valence-corrected chi connectivity index (χ4v) is 0.754. The van der Waals surface area contributed by atoms with Gasteiger partial charge in [0.15, 0.2) is 0 Å². The number of carboxylic acids is 1. The predicted octanol–water partition coefficient (Wildman–Crippen LogP) is 1.26. The van der Waals surface area contributed by atoms with Gasteiger partial charge in [-0.1, -0.05) is 0 Å². The second-order valence-corrected chi connectivity index (χ2v) is 3.83. The van der Waals surface area contributed by atoms with E-state index in [9.17, 15) is 9.59 Å². The fraction of sp³-hybridized carbons (Fsp3) is 0.778. The molecule has 6 heteroatoms. The number of hydroxylamine groups is 2. The summed E-state index contributed by atoms with van der Waals surface area (Å²) in [7, 11) is 0. The van der Waals surface area contributed by atoms with Gasteiger partial charge in [-0.15, -0.1) is 0 Å². The molecule has 15 heavy (non-hydrogen) atoms. The van der Waals surface area contributed by atoms with Crippen molar-refractivity contribution >= 4 is 12.1 Å². The van der Waals surface area contributed by atoms with Crippen LogP contribution in [-0.4, -0.2) is 41.0 Å². The molecule has 0 aromatic heterocycles. The minimum atomic E-state index is -1.16. The van der Waals surface area contributed by atoms with Gasteiger partial charge in [-0.25, -0.2) is 4.79 Å². The first-order valence-electron chi connectivity index (χ1n) is 4.61. The fourth-order valence-electron chi connectivity index (χ4n) is 0.754.